The highest BCUT2D eigenvalue weighted by atomic mass is 16.5. The molecule has 0 spiro atoms. The number of hydrogen-bond donors (Lipinski definition) is 7. The fraction of sp³-hybridized carbons (Fsp3) is 0.500. The standard InChI is InChI=1S/C38H51N9O9/c1-2-3-11-32(50)44-29(9-4-5-18-39)31(49)10-7-20-56-22-21-55-19-6-8-28(48)16-17-30(37(53)54)45-35(51)25-12-14-26(15-13-25)41-23-27-24-42-34-33(43-27)36(52)47-38(40)46-34/h1,12-15,24,29-30,41H,3-11,16-23,39H2,(H,44,50)(H,45,51)(H,53,54)(H3,40,42,46,47,52)/t29-,30+/m1/s1. The number of H-pyrrole nitrogens is 1. The third-order valence-corrected chi connectivity index (χ3v) is 8.42. The number of carbonyl (C=O) groups excluding carboxylic acids is 4. The van der Waals surface area contributed by atoms with E-state index in [1.807, 2.05) is 0 Å². The Balaban J connectivity index is 1.27. The molecule has 0 radical (unpaired) electrons. The maximum Gasteiger partial charge on any atom is 0.326 e. The summed E-state index contributed by atoms with van der Waals surface area (Å²) in [6.07, 6.45) is 10.5. The number of ether oxygens (including phenoxy) is 2. The number of carboxylic acids is 1. The summed E-state index contributed by atoms with van der Waals surface area (Å²) >= 11 is 0. The molecule has 3 rings (SSSR count). The Morgan fingerprint density at radius 1 is 0.875 bits per heavy atom. The number of ketones is 2. The summed E-state index contributed by atoms with van der Waals surface area (Å²) in [7, 11) is 0. The molecule has 0 saturated heterocycles. The van der Waals surface area contributed by atoms with Crippen LogP contribution in [0.2, 0.25) is 0 Å². The maximum atomic E-state index is 12.8. The summed E-state index contributed by atoms with van der Waals surface area (Å²) in [4.78, 5) is 88.5. The van der Waals surface area contributed by atoms with E-state index in [1.54, 1.807) is 12.1 Å². The third-order valence-electron chi connectivity index (χ3n) is 8.42. The molecule has 0 bridgehead atoms. The van der Waals surface area contributed by atoms with Crippen molar-refractivity contribution in [2.75, 3.05) is 44.0 Å². The van der Waals surface area contributed by atoms with Crippen molar-refractivity contribution in [3.63, 3.8) is 0 Å². The number of terminal acetylenes is 1. The van der Waals surface area contributed by atoms with Gasteiger partial charge in [-0.05, 0) is 69.3 Å². The SMILES string of the molecule is C#CCCC(=O)N[C@H](CCCCN)C(=O)CCCOCCOCCCC(=O)CC[C@H](NC(=O)c1ccc(NCc2cnc3nc(N)[nH]c(=O)c3n2)cc1)C(=O)O. The van der Waals surface area contributed by atoms with Gasteiger partial charge < -0.3 is 42.0 Å². The van der Waals surface area contributed by atoms with Gasteiger partial charge in [0, 0.05) is 56.6 Å². The molecule has 3 aromatic rings. The van der Waals surface area contributed by atoms with Crippen molar-refractivity contribution in [3.8, 4) is 12.3 Å². The van der Waals surface area contributed by atoms with Gasteiger partial charge in [0.15, 0.2) is 16.9 Å². The number of Topliss-reactive ketones (excluding diaryl/α,β-unsaturated/α-hetero) is 2. The first-order chi connectivity index (χ1) is 27.0. The van der Waals surface area contributed by atoms with Crippen LogP contribution in [0.15, 0.2) is 35.3 Å². The molecule has 0 unspecified atom stereocenters. The van der Waals surface area contributed by atoms with Gasteiger partial charge >= 0.3 is 5.97 Å². The van der Waals surface area contributed by atoms with Crippen LogP contribution in [0.1, 0.15) is 86.7 Å². The van der Waals surface area contributed by atoms with Crippen molar-refractivity contribution in [1.82, 2.24) is 30.6 Å². The van der Waals surface area contributed by atoms with Gasteiger partial charge in [-0.3, -0.25) is 29.0 Å². The lowest BCUT2D eigenvalue weighted by molar-refractivity contribution is -0.139. The molecule has 0 aliphatic heterocycles. The molecule has 18 nitrogen and oxygen atoms in total. The van der Waals surface area contributed by atoms with E-state index in [9.17, 15) is 33.9 Å². The number of aliphatic carboxylic acids is 1. The van der Waals surface area contributed by atoms with Crippen LogP contribution in [-0.2, 0) is 35.2 Å². The lowest BCUT2D eigenvalue weighted by Crippen LogP contribution is -2.41. The van der Waals surface area contributed by atoms with Gasteiger partial charge in [-0.2, -0.15) is 4.98 Å². The van der Waals surface area contributed by atoms with Crippen LogP contribution in [0.3, 0.4) is 0 Å². The molecule has 2 amide bonds. The summed E-state index contributed by atoms with van der Waals surface area (Å²) < 4.78 is 11.1. The number of amides is 2. The normalized spacial score (nSPS) is 12.0. The van der Waals surface area contributed by atoms with Crippen molar-refractivity contribution < 1.29 is 38.6 Å². The predicted molar refractivity (Wildman–Crippen MR) is 207 cm³/mol. The van der Waals surface area contributed by atoms with Gasteiger partial charge in [0.25, 0.3) is 11.5 Å². The lowest BCUT2D eigenvalue weighted by atomic mass is 10.0. The number of aromatic amines is 1. The minimum absolute atomic E-state index is 0.0304. The summed E-state index contributed by atoms with van der Waals surface area (Å²) in [5.41, 5.74) is 12.1. The summed E-state index contributed by atoms with van der Waals surface area (Å²) in [5, 5.41) is 18.0. The highest BCUT2D eigenvalue weighted by molar-refractivity contribution is 5.97. The van der Waals surface area contributed by atoms with E-state index in [0.29, 0.717) is 70.0 Å². The molecule has 2 heterocycles. The first kappa shape index (κ1) is 44.6. The fourth-order valence-electron chi connectivity index (χ4n) is 5.39. The van der Waals surface area contributed by atoms with Crippen molar-refractivity contribution in [3.05, 3.63) is 52.1 Å². The molecule has 9 N–H and O–H groups in total. The zero-order valence-corrected chi connectivity index (χ0v) is 31.3. The molecule has 0 saturated carbocycles. The van der Waals surface area contributed by atoms with E-state index in [4.69, 9.17) is 27.4 Å². The van der Waals surface area contributed by atoms with Gasteiger partial charge in [0.2, 0.25) is 11.9 Å². The highest BCUT2D eigenvalue weighted by Gasteiger charge is 2.22. The van der Waals surface area contributed by atoms with E-state index in [-0.39, 0.29) is 78.8 Å². The number of nitrogen functional groups attached to an aromatic ring is 1. The number of carboxylic acid groups (broad SMARTS) is 1. The molecule has 56 heavy (non-hydrogen) atoms. The Kier molecular flexibility index (Phi) is 19.6. The predicted octanol–water partition coefficient (Wildman–Crippen LogP) is 1.63. The number of benzene rings is 1. The van der Waals surface area contributed by atoms with Crippen LogP contribution >= 0.6 is 0 Å². The van der Waals surface area contributed by atoms with Crippen LogP contribution in [0.5, 0.6) is 0 Å². The topological polar surface area (TPSA) is 284 Å². The molecule has 2 aromatic heterocycles. The summed E-state index contributed by atoms with van der Waals surface area (Å²) in [6, 6.07) is 4.48. The lowest BCUT2D eigenvalue weighted by Gasteiger charge is -2.17. The van der Waals surface area contributed by atoms with Crippen LogP contribution in [0, 0.1) is 12.3 Å². The van der Waals surface area contributed by atoms with Crippen molar-refractivity contribution in [2.24, 2.45) is 5.73 Å². The number of anilines is 2. The zero-order valence-electron chi connectivity index (χ0n) is 31.3. The largest absolute Gasteiger partial charge is 0.480 e. The van der Waals surface area contributed by atoms with Crippen LogP contribution in [-0.4, -0.2) is 99.4 Å². The highest BCUT2D eigenvalue weighted by Crippen LogP contribution is 2.13. The van der Waals surface area contributed by atoms with Crippen LogP contribution in [0.25, 0.3) is 11.2 Å². The average molecular weight is 778 g/mol. The Morgan fingerprint density at radius 3 is 2.27 bits per heavy atom. The molecule has 0 fully saturated rings. The van der Waals surface area contributed by atoms with E-state index < -0.39 is 29.5 Å². The van der Waals surface area contributed by atoms with Gasteiger partial charge in [-0.25, -0.2) is 14.8 Å². The summed E-state index contributed by atoms with van der Waals surface area (Å²) in [5.74, 6) is 0.0410. The second kappa shape index (κ2) is 24.6. The van der Waals surface area contributed by atoms with Gasteiger partial charge in [0.1, 0.15) is 11.8 Å². The Bertz CT molecular complexity index is 1860. The second-order valence-electron chi connectivity index (χ2n) is 12.9. The Hall–Kier alpha value is -5.77. The molecular formula is C38H51N9O9. The monoisotopic (exact) mass is 777 g/mol. The molecule has 0 aliphatic carbocycles. The average Bonchev–Trinajstić information content (AvgIpc) is 3.18. The van der Waals surface area contributed by atoms with Crippen LogP contribution in [0.4, 0.5) is 11.6 Å². The number of rotatable bonds is 28. The number of nitrogens with one attached hydrogen (secondary N) is 4. The number of carbonyl (C=O) groups is 5. The molecule has 18 heteroatoms. The Morgan fingerprint density at radius 2 is 1.59 bits per heavy atom. The molecular weight excluding hydrogens is 726 g/mol. The van der Waals surface area contributed by atoms with Crippen molar-refractivity contribution >= 4 is 52.1 Å². The van der Waals surface area contributed by atoms with Crippen molar-refractivity contribution in [1.29, 1.82) is 0 Å². The van der Waals surface area contributed by atoms with E-state index >= 15 is 0 Å². The molecule has 2 atom stereocenters. The van der Waals surface area contributed by atoms with Crippen LogP contribution < -0.4 is 33.0 Å². The second-order valence-corrected chi connectivity index (χ2v) is 12.9. The number of fused-ring (bicyclic) bond motifs is 1. The number of unbranched alkanes of at least 4 members (excludes halogenated alkanes) is 1. The molecule has 1 aromatic carbocycles. The quantitative estimate of drug-likeness (QED) is 0.0407. The maximum absolute atomic E-state index is 12.8. The first-order valence-corrected chi connectivity index (χ1v) is 18.5. The van der Waals surface area contributed by atoms with E-state index in [1.165, 1.54) is 18.3 Å². The van der Waals surface area contributed by atoms with E-state index in [0.717, 1.165) is 12.8 Å². The number of hydrogen-bond acceptors (Lipinski definition) is 14. The van der Waals surface area contributed by atoms with Gasteiger partial charge in [-0.1, -0.05) is 0 Å². The number of aromatic nitrogens is 4. The minimum atomic E-state index is -1.26. The third kappa shape index (κ3) is 16.3. The van der Waals surface area contributed by atoms with E-state index in [2.05, 4.69) is 41.8 Å². The fourth-order valence-corrected chi connectivity index (χ4v) is 5.39. The molecule has 302 valence electrons. The van der Waals surface area contributed by atoms with Gasteiger partial charge in [-0.15, -0.1) is 12.3 Å². The van der Waals surface area contributed by atoms with Gasteiger partial charge in [0.05, 0.1) is 37.7 Å². The molecule has 0 aliphatic rings. The summed E-state index contributed by atoms with van der Waals surface area (Å²) in [6.45, 7) is 2.00. The first-order valence-electron chi connectivity index (χ1n) is 18.5. The number of nitrogens with two attached hydrogens (primary N) is 2. The minimum Gasteiger partial charge on any atom is -0.480 e. The smallest absolute Gasteiger partial charge is 0.326 e. The zero-order chi connectivity index (χ0) is 40.7. The number of nitrogens with zero attached hydrogens (tertiary/aromatic N) is 3. The Labute approximate surface area is 324 Å². The van der Waals surface area contributed by atoms with Crippen molar-refractivity contribution in [2.45, 2.75) is 89.3 Å².